The molecule has 0 radical (unpaired) electrons. The van der Waals surface area contributed by atoms with Gasteiger partial charge in [0.25, 0.3) is 0 Å². The smallest absolute Gasteiger partial charge is 0.303 e. The van der Waals surface area contributed by atoms with Crippen LogP contribution in [0.2, 0.25) is 0 Å². The van der Waals surface area contributed by atoms with Crippen LogP contribution in [-0.2, 0) is 61.9 Å². The second-order valence-corrected chi connectivity index (χ2v) is 11.4. The number of nitrogens with one attached hydrogen (secondary N) is 1. The molecule has 0 aliphatic carbocycles. The number of thioether (sulfide) groups is 2. The van der Waals surface area contributed by atoms with Crippen molar-refractivity contribution >= 4 is 53.3 Å². The Bertz CT molecular complexity index is 1180. The van der Waals surface area contributed by atoms with Crippen molar-refractivity contribution in [2.75, 3.05) is 19.0 Å². The van der Waals surface area contributed by atoms with Gasteiger partial charge in [0.1, 0.15) is 35.7 Å². The predicted octanol–water partition coefficient (Wildman–Crippen LogP) is 0.684. The van der Waals surface area contributed by atoms with Gasteiger partial charge in [-0.3, -0.25) is 24.0 Å². The van der Waals surface area contributed by atoms with Crippen LogP contribution in [0.15, 0.2) is 12.7 Å². The zero-order chi connectivity index (χ0) is 33.7. The standard InChI is InChI=1S/C27H35N3O13S2/c1-7-8-36-26-20(30-13(2)31)22(25(45-12-29)19(42-26)10-44-11-28)43-27-24(40-17(6)35)23(39-16(5)34)21(38-15(4)33)18(41-27)9-37-14(3)32/h7,18-27H,1,8-10H2,2-6H3,(H,30,31)/t18-,19-,20-,21+,22-,23+,24-,25+,26+,27+/m1/s1. The molecule has 0 aromatic rings. The molecule has 45 heavy (non-hydrogen) atoms. The summed E-state index contributed by atoms with van der Waals surface area (Å²) in [4.78, 5) is 60.6. The third-order valence-corrected chi connectivity index (χ3v) is 7.71. The lowest BCUT2D eigenvalue weighted by Gasteiger charge is -2.49. The highest BCUT2D eigenvalue weighted by atomic mass is 32.2. The van der Waals surface area contributed by atoms with Gasteiger partial charge in [-0.1, -0.05) is 6.08 Å². The van der Waals surface area contributed by atoms with Crippen LogP contribution in [0.1, 0.15) is 34.6 Å². The molecule has 2 saturated heterocycles. The number of esters is 4. The number of carbonyl (C=O) groups is 5. The minimum atomic E-state index is -1.63. The first-order chi connectivity index (χ1) is 21.3. The van der Waals surface area contributed by atoms with Gasteiger partial charge in [0.05, 0.1) is 18.0 Å². The number of amides is 1. The summed E-state index contributed by atoms with van der Waals surface area (Å²) in [7, 11) is 0. The molecule has 2 aliphatic rings. The average molecular weight is 674 g/mol. The van der Waals surface area contributed by atoms with Gasteiger partial charge in [0.15, 0.2) is 30.9 Å². The highest BCUT2D eigenvalue weighted by molar-refractivity contribution is 8.05. The second kappa shape index (κ2) is 18.5. The summed E-state index contributed by atoms with van der Waals surface area (Å²) in [6, 6.07) is -1.11. The van der Waals surface area contributed by atoms with Gasteiger partial charge < -0.3 is 43.2 Å². The summed E-state index contributed by atoms with van der Waals surface area (Å²) in [6.45, 7) is 8.71. The van der Waals surface area contributed by atoms with Crippen molar-refractivity contribution < 1.29 is 61.9 Å². The number of nitriles is 2. The summed E-state index contributed by atoms with van der Waals surface area (Å²) in [5, 5.41) is 24.6. The SMILES string of the molecule is C=CCO[C@H]1O[C@H](CSC#N)[C@H](SC#N)[C@H](O[C@@H]2O[C@H](COC(C)=O)[C@H](OC(C)=O)[C@H](OC(C)=O)[C@H]2OC(C)=O)[C@H]1NC(C)=O. The third kappa shape index (κ3) is 11.5. The zero-order valence-corrected chi connectivity index (χ0v) is 26.8. The average Bonchev–Trinajstić information content (AvgIpc) is 2.94. The van der Waals surface area contributed by atoms with Crippen LogP contribution < -0.4 is 5.32 Å². The maximum Gasteiger partial charge on any atom is 0.303 e. The molecule has 18 heteroatoms. The molecule has 10 atom stereocenters. The number of carbonyl (C=O) groups excluding carboxylic acids is 5. The van der Waals surface area contributed by atoms with Gasteiger partial charge in [-0.25, -0.2) is 0 Å². The molecule has 0 bridgehead atoms. The molecule has 2 heterocycles. The molecule has 16 nitrogen and oxygen atoms in total. The van der Waals surface area contributed by atoms with E-state index in [1.54, 1.807) is 0 Å². The molecule has 0 spiro atoms. The molecule has 0 saturated carbocycles. The van der Waals surface area contributed by atoms with Crippen LogP contribution in [0, 0.1) is 21.3 Å². The number of nitrogens with zero attached hydrogens (tertiary/aromatic N) is 2. The first-order valence-electron chi connectivity index (χ1n) is 13.5. The highest BCUT2D eigenvalue weighted by Gasteiger charge is 2.56. The molecule has 0 aromatic heterocycles. The third-order valence-electron chi connectivity index (χ3n) is 6.13. The lowest BCUT2D eigenvalue weighted by molar-refractivity contribution is -0.330. The monoisotopic (exact) mass is 673 g/mol. The largest absolute Gasteiger partial charge is 0.463 e. The Balaban J connectivity index is 2.70. The van der Waals surface area contributed by atoms with Crippen LogP contribution in [0.4, 0.5) is 0 Å². The minimum absolute atomic E-state index is 0.0132. The van der Waals surface area contributed by atoms with E-state index in [0.29, 0.717) is 0 Å². The summed E-state index contributed by atoms with van der Waals surface area (Å²) in [6.07, 6.45) is -9.24. The lowest BCUT2D eigenvalue weighted by Crippen LogP contribution is -2.68. The fraction of sp³-hybridized carbons (Fsp3) is 0.667. The summed E-state index contributed by atoms with van der Waals surface area (Å²) < 4.78 is 45.8. The summed E-state index contributed by atoms with van der Waals surface area (Å²) in [5.74, 6) is -3.66. The fourth-order valence-electron chi connectivity index (χ4n) is 4.67. The normalized spacial score (nSPS) is 30.8. The van der Waals surface area contributed by atoms with Gasteiger partial charge >= 0.3 is 23.9 Å². The molecule has 0 unspecified atom stereocenters. The summed E-state index contributed by atoms with van der Waals surface area (Å²) in [5.41, 5.74) is 0. The Labute approximate surface area is 268 Å². The maximum absolute atomic E-state index is 12.3. The molecule has 2 aliphatic heterocycles. The first kappa shape index (κ1) is 37.8. The Morgan fingerprint density at radius 3 is 1.96 bits per heavy atom. The van der Waals surface area contributed by atoms with Crippen molar-refractivity contribution in [1.29, 1.82) is 10.5 Å². The van der Waals surface area contributed by atoms with Gasteiger partial charge in [-0.15, -0.1) is 6.58 Å². The number of hydrogen-bond acceptors (Lipinski definition) is 17. The van der Waals surface area contributed by atoms with Crippen LogP contribution >= 0.6 is 23.5 Å². The van der Waals surface area contributed by atoms with E-state index in [0.717, 1.165) is 51.2 Å². The first-order valence-corrected chi connectivity index (χ1v) is 15.4. The maximum atomic E-state index is 12.3. The minimum Gasteiger partial charge on any atom is -0.463 e. The van der Waals surface area contributed by atoms with E-state index < -0.39 is 96.9 Å². The molecule has 1 N–H and O–H groups in total. The van der Waals surface area contributed by atoms with E-state index in [1.807, 2.05) is 10.8 Å². The quantitative estimate of drug-likeness (QED) is 0.116. The number of ether oxygens (including phenoxy) is 8. The van der Waals surface area contributed by atoms with Crippen molar-refractivity contribution in [2.24, 2.45) is 0 Å². The zero-order valence-electron chi connectivity index (χ0n) is 25.2. The molecule has 2 fully saturated rings. The topological polar surface area (TPSA) is 219 Å². The lowest BCUT2D eigenvalue weighted by atomic mass is 9.96. The molecule has 248 valence electrons. The Morgan fingerprint density at radius 2 is 1.42 bits per heavy atom. The fourth-order valence-corrected chi connectivity index (χ4v) is 6.12. The summed E-state index contributed by atoms with van der Waals surface area (Å²) >= 11 is 1.58. The van der Waals surface area contributed by atoms with Crippen LogP contribution in [0.3, 0.4) is 0 Å². The van der Waals surface area contributed by atoms with Gasteiger partial charge in [0.2, 0.25) is 5.91 Å². The van der Waals surface area contributed by atoms with E-state index in [1.165, 1.54) is 13.0 Å². The number of hydrogen-bond donors (Lipinski definition) is 1. The predicted molar refractivity (Wildman–Crippen MR) is 154 cm³/mol. The van der Waals surface area contributed by atoms with Gasteiger partial charge in [0, 0.05) is 40.4 Å². The van der Waals surface area contributed by atoms with E-state index in [9.17, 15) is 34.5 Å². The van der Waals surface area contributed by atoms with Crippen molar-refractivity contribution in [2.45, 2.75) is 95.1 Å². The Hall–Kier alpha value is -3.39. The Kier molecular flexibility index (Phi) is 15.6. The van der Waals surface area contributed by atoms with Crippen molar-refractivity contribution in [3.05, 3.63) is 12.7 Å². The van der Waals surface area contributed by atoms with Crippen LogP contribution in [0.25, 0.3) is 0 Å². The molecular formula is C27H35N3O13S2. The van der Waals surface area contributed by atoms with E-state index in [2.05, 4.69) is 11.9 Å². The van der Waals surface area contributed by atoms with Crippen LogP contribution in [0.5, 0.6) is 0 Å². The van der Waals surface area contributed by atoms with Crippen LogP contribution in [-0.4, -0.2) is 109 Å². The van der Waals surface area contributed by atoms with Gasteiger partial charge in [-0.05, 0) is 23.5 Å². The van der Waals surface area contributed by atoms with Crippen molar-refractivity contribution in [1.82, 2.24) is 5.32 Å². The van der Waals surface area contributed by atoms with Gasteiger partial charge in [-0.2, -0.15) is 10.5 Å². The van der Waals surface area contributed by atoms with Crippen molar-refractivity contribution in [3.63, 3.8) is 0 Å². The Morgan fingerprint density at radius 1 is 0.822 bits per heavy atom. The van der Waals surface area contributed by atoms with E-state index >= 15 is 0 Å². The number of thiocyanates is 2. The van der Waals surface area contributed by atoms with E-state index in [-0.39, 0.29) is 12.4 Å². The number of rotatable bonds is 14. The molecular weight excluding hydrogens is 638 g/mol. The van der Waals surface area contributed by atoms with E-state index in [4.69, 9.17) is 37.9 Å². The highest BCUT2D eigenvalue weighted by Crippen LogP contribution is 2.37. The molecule has 0 aromatic carbocycles. The van der Waals surface area contributed by atoms with Crippen molar-refractivity contribution in [3.8, 4) is 10.8 Å². The second-order valence-electron chi connectivity index (χ2n) is 9.64. The molecule has 1 amide bonds. The molecule has 2 rings (SSSR count).